The quantitative estimate of drug-likeness (QED) is 0.426. The number of para-hydroxylation sites is 1. The zero-order valence-electron chi connectivity index (χ0n) is 20.1. The van der Waals surface area contributed by atoms with Gasteiger partial charge >= 0.3 is 0 Å². The molecule has 0 aliphatic heterocycles. The van der Waals surface area contributed by atoms with Gasteiger partial charge in [-0.3, -0.25) is 9.59 Å². The van der Waals surface area contributed by atoms with Crippen molar-refractivity contribution in [2.75, 3.05) is 19.1 Å². The van der Waals surface area contributed by atoms with Crippen LogP contribution in [0.15, 0.2) is 65.5 Å². The summed E-state index contributed by atoms with van der Waals surface area (Å²) < 4.78 is 10.7. The van der Waals surface area contributed by atoms with E-state index in [1.165, 1.54) is 7.11 Å². The van der Waals surface area contributed by atoms with Gasteiger partial charge in [0.1, 0.15) is 0 Å². The second kappa shape index (κ2) is 9.43. The van der Waals surface area contributed by atoms with Gasteiger partial charge in [-0.25, -0.2) is 0 Å². The largest absolute Gasteiger partial charge is 0.493 e. The van der Waals surface area contributed by atoms with Crippen LogP contribution in [0.1, 0.15) is 32.6 Å². The fraction of sp³-hybridized carbons (Fsp3) is 0.214. The number of aromatic nitrogens is 1. The van der Waals surface area contributed by atoms with E-state index in [1.54, 1.807) is 30.2 Å². The van der Waals surface area contributed by atoms with E-state index >= 15 is 0 Å². The highest BCUT2D eigenvalue weighted by atomic mass is 16.5. The number of rotatable bonds is 6. The number of anilines is 1. The van der Waals surface area contributed by atoms with E-state index in [1.807, 2.05) is 63.2 Å². The highest BCUT2D eigenvalue weighted by molar-refractivity contribution is 6.07. The molecule has 1 aromatic heterocycles. The lowest BCUT2D eigenvalue weighted by Crippen LogP contribution is -2.33. The number of ether oxygens (including phenoxy) is 2. The highest BCUT2D eigenvalue weighted by Gasteiger charge is 2.23. The fourth-order valence-corrected chi connectivity index (χ4v) is 4.12. The second-order valence-corrected chi connectivity index (χ2v) is 8.41. The maximum atomic E-state index is 13.8. The zero-order valence-corrected chi connectivity index (χ0v) is 20.1. The number of carbonyl (C=O) groups is 1. The van der Waals surface area contributed by atoms with Crippen molar-refractivity contribution >= 4 is 22.5 Å². The first kappa shape index (κ1) is 23.1. The fourth-order valence-electron chi connectivity index (χ4n) is 4.12. The van der Waals surface area contributed by atoms with Crippen LogP contribution in [0.25, 0.3) is 10.9 Å². The van der Waals surface area contributed by atoms with Gasteiger partial charge < -0.3 is 19.4 Å². The predicted octanol–water partition coefficient (Wildman–Crippen LogP) is 5.32. The molecular formula is C28H28N2O4. The van der Waals surface area contributed by atoms with Crippen molar-refractivity contribution in [1.82, 2.24) is 4.98 Å². The number of aromatic amines is 1. The van der Waals surface area contributed by atoms with Crippen molar-refractivity contribution in [3.8, 4) is 11.5 Å². The molecular weight excluding hydrogens is 428 g/mol. The third-order valence-electron chi connectivity index (χ3n) is 6.02. The van der Waals surface area contributed by atoms with Crippen molar-refractivity contribution in [3.63, 3.8) is 0 Å². The molecule has 0 saturated heterocycles. The van der Waals surface area contributed by atoms with E-state index in [2.05, 4.69) is 4.98 Å². The minimum atomic E-state index is -0.238. The highest BCUT2D eigenvalue weighted by Crippen LogP contribution is 2.30. The number of H-pyrrole nitrogens is 1. The minimum Gasteiger partial charge on any atom is -0.493 e. The van der Waals surface area contributed by atoms with Gasteiger partial charge in [0.15, 0.2) is 11.5 Å². The number of fused-ring (bicyclic) bond motifs is 1. The SMILES string of the molecule is COc1ccc(C(=O)N(Cc2cc3cccc(C)c3[nH]c2=O)c2cc(C)ccc2C)cc1OC. The maximum Gasteiger partial charge on any atom is 0.258 e. The van der Waals surface area contributed by atoms with Gasteiger partial charge in [0.05, 0.1) is 26.3 Å². The number of hydrogen-bond donors (Lipinski definition) is 1. The number of methoxy groups -OCH3 is 2. The molecule has 4 rings (SSSR count). The van der Waals surface area contributed by atoms with Gasteiger partial charge in [-0.05, 0) is 73.2 Å². The van der Waals surface area contributed by atoms with E-state index in [9.17, 15) is 9.59 Å². The molecule has 0 aliphatic carbocycles. The number of nitrogens with zero attached hydrogens (tertiary/aromatic N) is 1. The number of hydrogen-bond acceptors (Lipinski definition) is 4. The van der Waals surface area contributed by atoms with Gasteiger partial charge in [0, 0.05) is 16.8 Å². The molecule has 0 radical (unpaired) electrons. The molecule has 1 N–H and O–H groups in total. The summed E-state index contributed by atoms with van der Waals surface area (Å²) in [6.07, 6.45) is 0. The molecule has 4 aromatic rings. The van der Waals surface area contributed by atoms with Crippen LogP contribution in [-0.2, 0) is 6.54 Å². The van der Waals surface area contributed by atoms with Gasteiger partial charge in [-0.15, -0.1) is 0 Å². The van der Waals surface area contributed by atoms with Crippen molar-refractivity contribution in [3.05, 3.63) is 98.8 Å². The first-order chi connectivity index (χ1) is 16.3. The Balaban J connectivity index is 1.84. The number of pyridine rings is 1. The summed E-state index contributed by atoms with van der Waals surface area (Å²) in [6.45, 7) is 6.02. The number of benzene rings is 3. The molecule has 6 heteroatoms. The summed E-state index contributed by atoms with van der Waals surface area (Å²) in [7, 11) is 3.08. The average molecular weight is 457 g/mol. The van der Waals surface area contributed by atoms with E-state index in [-0.39, 0.29) is 18.0 Å². The lowest BCUT2D eigenvalue weighted by molar-refractivity contribution is 0.0984. The average Bonchev–Trinajstić information content (AvgIpc) is 2.84. The summed E-state index contributed by atoms with van der Waals surface area (Å²) in [5.74, 6) is 0.769. The number of nitrogens with one attached hydrogen (secondary N) is 1. The Labute approximate surface area is 198 Å². The smallest absolute Gasteiger partial charge is 0.258 e. The summed E-state index contributed by atoms with van der Waals surface area (Å²) in [5, 5.41) is 0.925. The molecule has 0 bridgehead atoms. The van der Waals surface area contributed by atoms with Gasteiger partial charge in [0.2, 0.25) is 0 Å². The Kier molecular flexibility index (Phi) is 6.41. The molecule has 0 aliphatic rings. The van der Waals surface area contributed by atoms with E-state index in [0.717, 1.165) is 33.3 Å². The van der Waals surface area contributed by atoms with Gasteiger partial charge in [-0.2, -0.15) is 0 Å². The Morgan fingerprint density at radius 2 is 1.65 bits per heavy atom. The third-order valence-corrected chi connectivity index (χ3v) is 6.02. The molecule has 0 spiro atoms. The van der Waals surface area contributed by atoms with Crippen LogP contribution >= 0.6 is 0 Å². The molecule has 174 valence electrons. The lowest BCUT2D eigenvalue weighted by Gasteiger charge is -2.25. The van der Waals surface area contributed by atoms with Crippen LogP contribution in [-0.4, -0.2) is 25.1 Å². The van der Waals surface area contributed by atoms with Crippen molar-refractivity contribution < 1.29 is 14.3 Å². The molecule has 1 amide bonds. The van der Waals surface area contributed by atoms with Crippen molar-refractivity contribution in [2.45, 2.75) is 27.3 Å². The molecule has 34 heavy (non-hydrogen) atoms. The summed E-state index contributed by atoms with van der Waals surface area (Å²) in [6, 6.07) is 18.8. The molecule has 0 unspecified atom stereocenters. The van der Waals surface area contributed by atoms with E-state index in [0.29, 0.717) is 22.6 Å². The minimum absolute atomic E-state index is 0.122. The lowest BCUT2D eigenvalue weighted by atomic mass is 10.1. The summed E-state index contributed by atoms with van der Waals surface area (Å²) >= 11 is 0. The van der Waals surface area contributed by atoms with Crippen molar-refractivity contribution in [1.29, 1.82) is 0 Å². The molecule has 6 nitrogen and oxygen atoms in total. The van der Waals surface area contributed by atoms with Crippen LogP contribution < -0.4 is 19.9 Å². The second-order valence-electron chi connectivity index (χ2n) is 8.41. The van der Waals surface area contributed by atoms with Crippen LogP contribution in [0.3, 0.4) is 0 Å². The standard InChI is InChI=1S/C28H28N2O4/c1-17-9-10-18(2)23(13-17)30(28(32)21-11-12-24(33-4)25(15-21)34-5)16-22-14-20-8-6-7-19(3)26(20)29-27(22)31/h6-15H,16H2,1-5H3,(H,29,31). The number of amides is 1. The van der Waals surface area contributed by atoms with Crippen LogP contribution in [0.2, 0.25) is 0 Å². The summed E-state index contributed by atoms with van der Waals surface area (Å²) in [4.78, 5) is 31.5. The number of aryl methyl sites for hydroxylation is 3. The molecule has 1 heterocycles. The van der Waals surface area contributed by atoms with E-state index in [4.69, 9.17) is 9.47 Å². The van der Waals surface area contributed by atoms with Crippen LogP contribution in [0.4, 0.5) is 5.69 Å². The van der Waals surface area contributed by atoms with Gasteiger partial charge in [0.25, 0.3) is 11.5 Å². The topological polar surface area (TPSA) is 71.6 Å². The molecule has 0 fully saturated rings. The first-order valence-corrected chi connectivity index (χ1v) is 11.0. The Hall–Kier alpha value is -4.06. The maximum absolute atomic E-state index is 13.8. The molecule has 0 atom stereocenters. The monoisotopic (exact) mass is 456 g/mol. The summed E-state index contributed by atoms with van der Waals surface area (Å²) in [5.41, 5.74) is 5.25. The van der Waals surface area contributed by atoms with Crippen molar-refractivity contribution in [2.24, 2.45) is 0 Å². The Morgan fingerprint density at radius 1 is 0.882 bits per heavy atom. The Bertz CT molecular complexity index is 1440. The Morgan fingerprint density at radius 3 is 2.38 bits per heavy atom. The third kappa shape index (κ3) is 4.39. The molecule has 3 aromatic carbocycles. The van der Waals surface area contributed by atoms with Crippen LogP contribution in [0, 0.1) is 20.8 Å². The van der Waals surface area contributed by atoms with Crippen LogP contribution in [0.5, 0.6) is 11.5 Å². The van der Waals surface area contributed by atoms with Gasteiger partial charge in [-0.1, -0.05) is 30.3 Å². The zero-order chi connectivity index (χ0) is 24.4. The predicted molar refractivity (Wildman–Crippen MR) is 135 cm³/mol. The number of carbonyl (C=O) groups excluding carboxylic acids is 1. The molecule has 0 saturated carbocycles. The van der Waals surface area contributed by atoms with E-state index < -0.39 is 0 Å². The first-order valence-electron chi connectivity index (χ1n) is 11.0. The normalized spacial score (nSPS) is 10.9.